The number of hydrogen-bond acceptors (Lipinski definition) is 3. The van der Waals surface area contributed by atoms with Gasteiger partial charge in [-0.15, -0.1) is 0 Å². The van der Waals surface area contributed by atoms with Crippen molar-refractivity contribution in [3.05, 3.63) is 59.3 Å². The summed E-state index contributed by atoms with van der Waals surface area (Å²) in [6.07, 6.45) is 0.637. The molecule has 0 saturated heterocycles. The Hall–Kier alpha value is -2.83. The Morgan fingerprint density at radius 2 is 1.88 bits per heavy atom. The smallest absolute Gasteiger partial charge is 0.263 e. The Morgan fingerprint density at radius 3 is 2.58 bits per heavy atom. The quantitative estimate of drug-likeness (QED) is 0.823. The van der Waals surface area contributed by atoms with Gasteiger partial charge in [0, 0.05) is 23.2 Å². The summed E-state index contributed by atoms with van der Waals surface area (Å²) in [6.45, 7) is 1.72. The first-order valence-corrected chi connectivity index (χ1v) is 8.40. The Morgan fingerprint density at radius 1 is 1.15 bits per heavy atom. The van der Waals surface area contributed by atoms with Crippen molar-refractivity contribution in [3.63, 3.8) is 0 Å². The van der Waals surface area contributed by atoms with E-state index in [1.807, 2.05) is 0 Å². The third-order valence-corrected chi connectivity index (χ3v) is 4.23. The number of amides is 2. The molecule has 1 saturated carbocycles. The number of benzene rings is 1. The predicted molar refractivity (Wildman–Crippen MR) is 92.9 cm³/mol. The predicted octanol–water partition coefficient (Wildman–Crippen LogP) is 3.86. The van der Waals surface area contributed by atoms with Crippen LogP contribution in [0.15, 0.2) is 42.6 Å². The summed E-state index contributed by atoms with van der Waals surface area (Å²) in [4.78, 5) is 28.3. The molecular formula is C19H19F2N3O2. The average Bonchev–Trinajstić information content (AvgIpc) is 3.47. The van der Waals surface area contributed by atoms with E-state index in [9.17, 15) is 18.4 Å². The van der Waals surface area contributed by atoms with Crippen molar-refractivity contribution >= 4 is 17.6 Å². The Balaban J connectivity index is 1.67. The molecule has 5 nitrogen and oxygen atoms in total. The number of pyridine rings is 1. The van der Waals surface area contributed by atoms with Gasteiger partial charge in [-0.25, -0.2) is 13.8 Å². The van der Waals surface area contributed by atoms with Gasteiger partial charge in [0.25, 0.3) is 12.3 Å². The molecule has 7 heteroatoms. The largest absolute Gasteiger partial charge is 0.346 e. The van der Waals surface area contributed by atoms with Gasteiger partial charge in [-0.2, -0.15) is 0 Å². The second kappa shape index (κ2) is 7.59. The second-order valence-electron chi connectivity index (χ2n) is 6.36. The zero-order valence-corrected chi connectivity index (χ0v) is 14.2. The molecule has 1 fully saturated rings. The normalized spacial score (nSPS) is 14.8. The van der Waals surface area contributed by atoms with Gasteiger partial charge in [0.05, 0.1) is 6.04 Å². The minimum atomic E-state index is -2.56. The molecule has 1 aromatic carbocycles. The maximum absolute atomic E-state index is 12.8. The third-order valence-electron chi connectivity index (χ3n) is 4.23. The fraction of sp³-hybridized carbons (Fsp3) is 0.316. The lowest BCUT2D eigenvalue weighted by Crippen LogP contribution is -2.27. The number of carbonyl (C=O) groups excluding carboxylic acids is 2. The monoisotopic (exact) mass is 359 g/mol. The molecule has 2 aromatic rings. The highest BCUT2D eigenvalue weighted by Crippen LogP contribution is 2.30. The number of carbonyl (C=O) groups is 2. The van der Waals surface area contributed by atoms with Crippen LogP contribution >= 0.6 is 0 Å². The van der Waals surface area contributed by atoms with Gasteiger partial charge in [-0.05, 0) is 43.5 Å². The zero-order chi connectivity index (χ0) is 18.7. The van der Waals surface area contributed by atoms with Crippen molar-refractivity contribution in [3.8, 4) is 0 Å². The van der Waals surface area contributed by atoms with Gasteiger partial charge < -0.3 is 10.6 Å². The zero-order valence-electron chi connectivity index (χ0n) is 14.2. The number of hydrogen-bond donors (Lipinski definition) is 2. The molecule has 26 heavy (non-hydrogen) atoms. The van der Waals surface area contributed by atoms with Crippen LogP contribution in [-0.4, -0.2) is 16.8 Å². The highest BCUT2D eigenvalue weighted by atomic mass is 19.3. The minimum Gasteiger partial charge on any atom is -0.346 e. The van der Waals surface area contributed by atoms with E-state index in [4.69, 9.17) is 0 Å². The molecule has 1 aliphatic carbocycles. The lowest BCUT2D eigenvalue weighted by atomic mass is 10.0. The molecule has 1 heterocycles. The number of aromatic nitrogens is 1. The van der Waals surface area contributed by atoms with Crippen molar-refractivity contribution in [1.82, 2.24) is 10.3 Å². The first-order valence-electron chi connectivity index (χ1n) is 8.40. The van der Waals surface area contributed by atoms with E-state index in [0.29, 0.717) is 16.9 Å². The van der Waals surface area contributed by atoms with Gasteiger partial charge in [0.2, 0.25) is 5.91 Å². The molecule has 136 valence electrons. The molecule has 0 spiro atoms. The van der Waals surface area contributed by atoms with Crippen LogP contribution in [0.3, 0.4) is 0 Å². The summed E-state index contributed by atoms with van der Waals surface area (Å²) in [5.41, 5.74) is 0.841. The van der Waals surface area contributed by atoms with Crippen molar-refractivity contribution in [2.24, 2.45) is 5.92 Å². The minimum absolute atomic E-state index is 0.0383. The van der Waals surface area contributed by atoms with Gasteiger partial charge in [0.1, 0.15) is 5.82 Å². The number of halogens is 2. The fourth-order valence-corrected chi connectivity index (χ4v) is 2.54. The molecule has 1 unspecified atom stereocenters. The summed E-state index contributed by atoms with van der Waals surface area (Å²) in [6, 6.07) is 8.53. The topological polar surface area (TPSA) is 71.1 Å². The second-order valence-corrected chi connectivity index (χ2v) is 6.36. The van der Waals surface area contributed by atoms with Gasteiger partial charge in [0.15, 0.2) is 0 Å². The van der Waals surface area contributed by atoms with E-state index in [0.717, 1.165) is 12.8 Å². The number of alkyl halides is 2. The molecule has 2 amide bonds. The van der Waals surface area contributed by atoms with Crippen molar-refractivity contribution in [2.75, 3.05) is 5.32 Å². The number of anilines is 1. The molecule has 0 bridgehead atoms. The average molecular weight is 359 g/mol. The van der Waals surface area contributed by atoms with E-state index >= 15 is 0 Å². The summed E-state index contributed by atoms with van der Waals surface area (Å²) >= 11 is 0. The first-order chi connectivity index (χ1) is 12.4. The van der Waals surface area contributed by atoms with E-state index in [-0.39, 0.29) is 23.3 Å². The number of rotatable bonds is 6. The number of nitrogens with one attached hydrogen (secondary N) is 2. The molecule has 3 rings (SSSR count). The summed E-state index contributed by atoms with van der Waals surface area (Å²) in [5.74, 6) is -0.102. The van der Waals surface area contributed by atoms with E-state index in [1.54, 1.807) is 13.0 Å². The number of nitrogens with zero attached hydrogens (tertiary/aromatic N) is 1. The van der Waals surface area contributed by atoms with Crippen LogP contribution in [0.25, 0.3) is 0 Å². The molecular weight excluding hydrogens is 340 g/mol. The van der Waals surface area contributed by atoms with Crippen LogP contribution in [0.4, 0.5) is 14.6 Å². The first kappa shape index (κ1) is 18.0. The summed E-state index contributed by atoms with van der Waals surface area (Å²) < 4.78 is 25.6. The van der Waals surface area contributed by atoms with Crippen LogP contribution in [0, 0.1) is 5.92 Å². The van der Waals surface area contributed by atoms with Crippen molar-refractivity contribution in [1.29, 1.82) is 0 Å². The maximum atomic E-state index is 12.8. The van der Waals surface area contributed by atoms with Crippen molar-refractivity contribution in [2.45, 2.75) is 32.2 Å². The van der Waals surface area contributed by atoms with Crippen molar-refractivity contribution < 1.29 is 18.4 Å². The molecule has 2 N–H and O–H groups in total. The Labute approximate surface area is 149 Å². The Bertz CT molecular complexity index is 822. The third kappa shape index (κ3) is 4.41. The van der Waals surface area contributed by atoms with Gasteiger partial charge >= 0.3 is 0 Å². The summed E-state index contributed by atoms with van der Waals surface area (Å²) in [7, 11) is 0. The standard InChI is InChI=1S/C19H19F2N3O2/c1-11(13-3-2-4-14(9-13)17(20)21)23-19(26)15-7-8-22-16(10-15)24-18(25)12-5-6-12/h2-4,7-12,17H,5-6H2,1H3,(H,23,26)(H,22,24,25). The van der Waals surface area contributed by atoms with Gasteiger partial charge in [-0.3, -0.25) is 9.59 Å². The van der Waals surface area contributed by atoms with Crippen LogP contribution in [-0.2, 0) is 4.79 Å². The van der Waals surface area contributed by atoms with Crippen LogP contribution in [0.5, 0.6) is 0 Å². The van der Waals surface area contributed by atoms with Crippen LogP contribution < -0.4 is 10.6 Å². The van der Waals surface area contributed by atoms with Crippen LogP contribution in [0.1, 0.15) is 53.7 Å². The lowest BCUT2D eigenvalue weighted by molar-refractivity contribution is -0.117. The lowest BCUT2D eigenvalue weighted by Gasteiger charge is -2.15. The maximum Gasteiger partial charge on any atom is 0.263 e. The molecule has 0 aliphatic heterocycles. The van der Waals surface area contributed by atoms with Gasteiger partial charge in [-0.1, -0.05) is 18.2 Å². The summed E-state index contributed by atoms with van der Waals surface area (Å²) in [5, 5.41) is 5.46. The molecule has 0 radical (unpaired) electrons. The fourth-order valence-electron chi connectivity index (χ4n) is 2.54. The highest BCUT2D eigenvalue weighted by Gasteiger charge is 2.29. The van der Waals surface area contributed by atoms with E-state index in [1.165, 1.54) is 36.5 Å². The van der Waals surface area contributed by atoms with E-state index < -0.39 is 12.5 Å². The SMILES string of the molecule is CC(NC(=O)c1ccnc(NC(=O)C2CC2)c1)c1cccc(C(F)F)c1. The Kier molecular flexibility index (Phi) is 5.25. The van der Waals surface area contributed by atoms with Crippen LogP contribution in [0.2, 0.25) is 0 Å². The van der Waals surface area contributed by atoms with E-state index in [2.05, 4.69) is 15.6 Å². The molecule has 1 aliphatic rings. The molecule has 1 aromatic heterocycles. The highest BCUT2D eigenvalue weighted by molar-refractivity contribution is 5.97. The molecule has 1 atom stereocenters.